The second-order valence-corrected chi connectivity index (χ2v) is 5.63. The van der Waals surface area contributed by atoms with Crippen molar-refractivity contribution in [2.45, 2.75) is 19.8 Å². The number of ether oxygens (including phenoxy) is 1. The van der Waals surface area contributed by atoms with E-state index < -0.39 is 0 Å². The predicted molar refractivity (Wildman–Crippen MR) is 84.2 cm³/mol. The first-order valence-corrected chi connectivity index (χ1v) is 7.73. The number of hydrogen-bond donors (Lipinski definition) is 0. The molecule has 0 fully saturated rings. The van der Waals surface area contributed by atoms with Crippen LogP contribution in [0.25, 0.3) is 0 Å². The van der Waals surface area contributed by atoms with Crippen LogP contribution in [0.3, 0.4) is 0 Å². The van der Waals surface area contributed by atoms with Gasteiger partial charge in [-0.05, 0) is 24.1 Å². The van der Waals surface area contributed by atoms with Crippen LogP contribution in [0.2, 0.25) is 0 Å². The fourth-order valence-corrected chi connectivity index (χ4v) is 2.52. The molecule has 0 saturated heterocycles. The SMILES string of the molecule is CCCCOc1ccc([P-]C(=O)c2ccccc2)cc1.[Li+]. The Labute approximate surface area is 140 Å². The second-order valence-electron chi connectivity index (χ2n) is 4.48. The topological polar surface area (TPSA) is 26.3 Å². The number of unbranched alkanes of at least 4 members (excludes halogenated alkanes) is 1. The minimum absolute atomic E-state index is 0. The van der Waals surface area contributed by atoms with Crippen LogP contribution in [0, 0.1) is 0 Å². The molecule has 0 N–H and O–H groups in total. The third-order valence-electron chi connectivity index (χ3n) is 2.85. The Balaban J connectivity index is 0.00000220. The largest absolute Gasteiger partial charge is 1.00 e. The summed E-state index contributed by atoms with van der Waals surface area (Å²) in [7, 11) is 0.700. The van der Waals surface area contributed by atoms with Crippen LogP contribution in [0.5, 0.6) is 5.75 Å². The molecule has 2 aromatic rings. The predicted octanol–water partition coefficient (Wildman–Crippen LogP) is 1.28. The average molecular weight is 292 g/mol. The summed E-state index contributed by atoms with van der Waals surface area (Å²) in [5, 5.41) is 0.988. The monoisotopic (exact) mass is 292 g/mol. The summed E-state index contributed by atoms with van der Waals surface area (Å²) in [4.78, 5) is 12.1. The third-order valence-corrected chi connectivity index (χ3v) is 3.87. The van der Waals surface area contributed by atoms with Crippen molar-refractivity contribution in [1.29, 1.82) is 0 Å². The fourth-order valence-electron chi connectivity index (χ4n) is 1.71. The van der Waals surface area contributed by atoms with Gasteiger partial charge in [-0.25, -0.2) is 0 Å². The third kappa shape index (κ3) is 6.06. The molecule has 0 unspecified atom stereocenters. The van der Waals surface area contributed by atoms with E-state index in [1.54, 1.807) is 0 Å². The maximum absolute atomic E-state index is 12.1. The van der Waals surface area contributed by atoms with Crippen molar-refractivity contribution in [2.24, 2.45) is 0 Å². The van der Waals surface area contributed by atoms with E-state index in [0.717, 1.165) is 36.1 Å². The van der Waals surface area contributed by atoms with Crippen LogP contribution < -0.4 is 28.9 Å². The van der Waals surface area contributed by atoms with E-state index >= 15 is 0 Å². The van der Waals surface area contributed by atoms with Gasteiger partial charge in [0.25, 0.3) is 0 Å². The van der Waals surface area contributed by atoms with E-state index in [0.29, 0.717) is 8.58 Å². The number of carbonyl (C=O) groups excluding carboxylic acids is 1. The molecule has 0 aliphatic rings. The standard InChI is InChI=1S/C17H18O2P.Li/c1-2-3-13-19-15-9-11-16(12-10-15)20-17(18)14-7-5-4-6-8-14;/h4-12H,2-3,13H2,1H3;/q-1;+1. The molecule has 0 saturated carbocycles. The van der Waals surface area contributed by atoms with Gasteiger partial charge < -0.3 is 18.1 Å². The summed E-state index contributed by atoms with van der Waals surface area (Å²) in [6, 6.07) is 17.1. The average Bonchev–Trinajstić information content (AvgIpc) is 2.50. The second kappa shape index (κ2) is 9.80. The van der Waals surface area contributed by atoms with Crippen molar-refractivity contribution in [2.75, 3.05) is 6.61 Å². The van der Waals surface area contributed by atoms with Gasteiger partial charge in [0.2, 0.25) is 0 Å². The van der Waals surface area contributed by atoms with Gasteiger partial charge in [0.15, 0.2) is 0 Å². The minimum atomic E-state index is 0. The molecule has 0 radical (unpaired) electrons. The molecular weight excluding hydrogens is 274 g/mol. The van der Waals surface area contributed by atoms with Crippen LogP contribution in [-0.2, 0) is 0 Å². The molecule has 21 heavy (non-hydrogen) atoms. The maximum Gasteiger partial charge on any atom is 1.00 e. The quantitative estimate of drug-likeness (QED) is 0.436. The summed E-state index contributed by atoms with van der Waals surface area (Å²) in [6.45, 7) is 2.89. The normalized spacial score (nSPS) is 10.3. The zero-order valence-corrected chi connectivity index (χ0v) is 13.5. The molecule has 0 spiro atoms. The number of hydrogen-bond acceptors (Lipinski definition) is 2. The van der Waals surface area contributed by atoms with Crippen LogP contribution in [0.15, 0.2) is 54.6 Å². The van der Waals surface area contributed by atoms with Crippen molar-refractivity contribution < 1.29 is 28.4 Å². The Kier molecular flexibility index (Phi) is 8.39. The van der Waals surface area contributed by atoms with Crippen molar-refractivity contribution in [3.63, 3.8) is 0 Å². The smallest absolute Gasteiger partial charge is 0.494 e. The van der Waals surface area contributed by atoms with Gasteiger partial charge in [-0.3, -0.25) is 0 Å². The Morgan fingerprint density at radius 1 is 1.05 bits per heavy atom. The molecule has 2 rings (SSSR count). The Morgan fingerprint density at radius 3 is 2.33 bits per heavy atom. The first kappa shape index (κ1) is 18.0. The maximum atomic E-state index is 12.1. The van der Waals surface area contributed by atoms with E-state index in [2.05, 4.69) is 6.92 Å². The molecule has 0 amide bonds. The summed E-state index contributed by atoms with van der Waals surface area (Å²) in [5.41, 5.74) is 0.864. The molecule has 0 atom stereocenters. The molecule has 4 heteroatoms. The molecule has 0 bridgehead atoms. The summed E-state index contributed by atoms with van der Waals surface area (Å²) in [5.74, 6) is 0.865. The van der Waals surface area contributed by atoms with Gasteiger partial charge >= 0.3 is 18.9 Å². The van der Waals surface area contributed by atoms with Gasteiger partial charge in [0, 0.05) is 5.52 Å². The molecule has 2 nitrogen and oxygen atoms in total. The Morgan fingerprint density at radius 2 is 1.71 bits per heavy atom. The zero-order chi connectivity index (χ0) is 14.2. The van der Waals surface area contributed by atoms with Crippen molar-refractivity contribution in [1.82, 2.24) is 0 Å². The zero-order valence-electron chi connectivity index (χ0n) is 12.6. The molecule has 2 aromatic carbocycles. The Bertz CT molecular complexity index is 540. The van der Waals surface area contributed by atoms with Gasteiger partial charge in [-0.1, -0.05) is 55.8 Å². The van der Waals surface area contributed by atoms with Crippen LogP contribution in [0.1, 0.15) is 30.1 Å². The number of benzene rings is 2. The van der Waals surface area contributed by atoms with Gasteiger partial charge in [-0.2, -0.15) is 5.30 Å². The molecule has 0 aromatic heterocycles. The molecular formula is C17H18LiO2P. The summed E-state index contributed by atoms with van der Waals surface area (Å²) in [6.07, 6.45) is 2.19. The van der Waals surface area contributed by atoms with Crippen molar-refractivity contribution in [3.05, 3.63) is 60.2 Å². The van der Waals surface area contributed by atoms with E-state index in [9.17, 15) is 4.79 Å². The van der Waals surface area contributed by atoms with E-state index in [1.807, 2.05) is 54.6 Å². The van der Waals surface area contributed by atoms with Gasteiger partial charge in [-0.15, -0.1) is 0 Å². The van der Waals surface area contributed by atoms with E-state index in [1.165, 1.54) is 0 Å². The molecule has 0 heterocycles. The van der Waals surface area contributed by atoms with Crippen LogP contribution in [-0.4, -0.2) is 12.1 Å². The van der Waals surface area contributed by atoms with Gasteiger partial charge in [0.1, 0.15) is 5.75 Å². The summed E-state index contributed by atoms with van der Waals surface area (Å²) >= 11 is 0. The van der Waals surface area contributed by atoms with Crippen LogP contribution >= 0.6 is 8.58 Å². The molecule has 0 aliphatic heterocycles. The summed E-state index contributed by atoms with van der Waals surface area (Å²) < 4.78 is 5.60. The fraction of sp³-hybridized carbons (Fsp3) is 0.235. The van der Waals surface area contributed by atoms with E-state index in [-0.39, 0.29) is 24.4 Å². The molecule has 0 aliphatic carbocycles. The van der Waals surface area contributed by atoms with Gasteiger partial charge in [0.05, 0.1) is 6.61 Å². The Hall–Kier alpha value is -1.06. The number of rotatable bonds is 7. The minimum Gasteiger partial charge on any atom is -0.494 e. The first-order valence-electron chi connectivity index (χ1n) is 6.83. The van der Waals surface area contributed by atoms with Crippen molar-refractivity contribution in [3.8, 4) is 5.75 Å². The van der Waals surface area contributed by atoms with E-state index in [4.69, 9.17) is 4.74 Å². The van der Waals surface area contributed by atoms with Crippen molar-refractivity contribution >= 4 is 19.4 Å². The first-order chi connectivity index (χ1) is 9.79. The molecule has 104 valence electrons. The number of carbonyl (C=O) groups is 1. The van der Waals surface area contributed by atoms with Crippen LogP contribution in [0.4, 0.5) is 0 Å².